The highest BCUT2D eigenvalue weighted by molar-refractivity contribution is 7.91. The lowest BCUT2D eigenvalue weighted by Crippen LogP contribution is -2.52. The zero-order valence-corrected chi connectivity index (χ0v) is 18.0. The molecule has 0 unspecified atom stereocenters. The lowest BCUT2D eigenvalue weighted by molar-refractivity contribution is -0.133. The van der Waals surface area contributed by atoms with Gasteiger partial charge in [0.05, 0.1) is 22.8 Å². The maximum atomic E-state index is 13.0. The van der Waals surface area contributed by atoms with Gasteiger partial charge in [-0.1, -0.05) is 19.1 Å². The summed E-state index contributed by atoms with van der Waals surface area (Å²) in [6.07, 6.45) is 3.86. The number of hydrogen-bond donors (Lipinski definition) is 0. The molecule has 3 rings (SSSR count). The summed E-state index contributed by atoms with van der Waals surface area (Å²) in [6, 6.07) is 6.47. The molecular weight excluding hydrogens is 390 g/mol. The van der Waals surface area contributed by atoms with Crippen molar-refractivity contribution in [1.29, 1.82) is 0 Å². The van der Waals surface area contributed by atoms with Crippen LogP contribution in [0.1, 0.15) is 43.0 Å². The van der Waals surface area contributed by atoms with Crippen LogP contribution in [-0.2, 0) is 14.6 Å². The Morgan fingerprint density at radius 2 is 1.55 bits per heavy atom. The van der Waals surface area contributed by atoms with Gasteiger partial charge in [-0.2, -0.15) is 0 Å². The quantitative estimate of drug-likeness (QED) is 0.698. The van der Waals surface area contributed by atoms with Crippen molar-refractivity contribution in [2.45, 2.75) is 37.5 Å². The number of sulfone groups is 1. The number of piperazine rings is 1. The average molecular weight is 422 g/mol. The number of amides is 2. The van der Waals surface area contributed by atoms with E-state index in [1.165, 1.54) is 12.5 Å². The third-order valence-corrected chi connectivity index (χ3v) is 7.62. The van der Waals surface area contributed by atoms with E-state index < -0.39 is 9.84 Å². The molecule has 0 aromatic heterocycles. The molecule has 0 bridgehead atoms. The van der Waals surface area contributed by atoms with Gasteiger partial charge in [0.15, 0.2) is 9.84 Å². The SMILES string of the molecule is CCCS(=O)(=O)c1ccccc1C(=O)N1CCN(CC(=O)N2CCCCC2)CC1. The van der Waals surface area contributed by atoms with Gasteiger partial charge in [-0.15, -0.1) is 0 Å². The van der Waals surface area contributed by atoms with Gasteiger partial charge < -0.3 is 9.80 Å². The van der Waals surface area contributed by atoms with Crippen LogP contribution in [0.3, 0.4) is 0 Å². The molecule has 0 N–H and O–H groups in total. The van der Waals surface area contributed by atoms with E-state index in [2.05, 4.69) is 4.90 Å². The molecule has 0 saturated carbocycles. The summed E-state index contributed by atoms with van der Waals surface area (Å²) in [5.41, 5.74) is 0.249. The maximum absolute atomic E-state index is 13.0. The van der Waals surface area contributed by atoms with Gasteiger partial charge >= 0.3 is 0 Å². The van der Waals surface area contributed by atoms with Gasteiger partial charge in [-0.25, -0.2) is 8.42 Å². The van der Waals surface area contributed by atoms with Crippen LogP contribution in [0.15, 0.2) is 29.2 Å². The van der Waals surface area contributed by atoms with Crippen LogP contribution in [0.5, 0.6) is 0 Å². The van der Waals surface area contributed by atoms with E-state index in [4.69, 9.17) is 0 Å². The van der Waals surface area contributed by atoms with E-state index in [1.54, 1.807) is 23.1 Å². The second-order valence-corrected chi connectivity index (χ2v) is 9.90. The highest BCUT2D eigenvalue weighted by atomic mass is 32.2. The molecule has 0 spiro atoms. The first kappa shape index (κ1) is 21.8. The Bertz CT molecular complexity index is 826. The number of rotatable bonds is 6. The summed E-state index contributed by atoms with van der Waals surface area (Å²) in [5.74, 6) is -0.0493. The van der Waals surface area contributed by atoms with Crippen LogP contribution in [0, 0.1) is 0 Å². The molecule has 2 amide bonds. The van der Waals surface area contributed by atoms with Gasteiger partial charge in [0.1, 0.15) is 0 Å². The number of carbonyl (C=O) groups excluding carboxylic acids is 2. The number of benzene rings is 1. The fraction of sp³-hybridized carbons (Fsp3) is 0.619. The Hall–Kier alpha value is -1.93. The molecule has 0 atom stereocenters. The van der Waals surface area contributed by atoms with Crippen molar-refractivity contribution in [1.82, 2.24) is 14.7 Å². The largest absolute Gasteiger partial charge is 0.342 e. The number of piperidine rings is 1. The van der Waals surface area contributed by atoms with Crippen LogP contribution in [0.25, 0.3) is 0 Å². The van der Waals surface area contributed by atoms with E-state index in [1.807, 2.05) is 11.8 Å². The molecule has 7 nitrogen and oxygen atoms in total. The molecule has 2 fully saturated rings. The van der Waals surface area contributed by atoms with Gasteiger partial charge in [0.25, 0.3) is 5.91 Å². The monoisotopic (exact) mass is 421 g/mol. The Morgan fingerprint density at radius 3 is 2.21 bits per heavy atom. The predicted octanol–water partition coefficient (Wildman–Crippen LogP) is 1.64. The fourth-order valence-corrected chi connectivity index (χ4v) is 5.54. The van der Waals surface area contributed by atoms with Crippen LogP contribution in [0.2, 0.25) is 0 Å². The summed E-state index contributed by atoms with van der Waals surface area (Å²) < 4.78 is 25.1. The maximum Gasteiger partial charge on any atom is 0.255 e. The molecule has 29 heavy (non-hydrogen) atoms. The lowest BCUT2D eigenvalue weighted by atomic mass is 10.1. The van der Waals surface area contributed by atoms with Crippen LogP contribution in [0.4, 0.5) is 0 Å². The van der Waals surface area contributed by atoms with Crippen molar-refractivity contribution in [3.8, 4) is 0 Å². The average Bonchev–Trinajstić information content (AvgIpc) is 2.74. The molecule has 0 radical (unpaired) electrons. The first-order valence-corrected chi connectivity index (χ1v) is 12.2. The van der Waals surface area contributed by atoms with E-state index >= 15 is 0 Å². The Labute approximate surface area is 173 Å². The van der Waals surface area contributed by atoms with Gasteiger partial charge in [0.2, 0.25) is 5.91 Å². The van der Waals surface area contributed by atoms with Crippen LogP contribution >= 0.6 is 0 Å². The van der Waals surface area contributed by atoms with Crippen molar-refractivity contribution < 1.29 is 18.0 Å². The number of likely N-dealkylation sites (tertiary alicyclic amines) is 1. The van der Waals surface area contributed by atoms with E-state index in [9.17, 15) is 18.0 Å². The van der Waals surface area contributed by atoms with Crippen molar-refractivity contribution in [2.75, 3.05) is 51.6 Å². The summed E-state index contributed by atoms with van der Waals surface area (Å²) in [4.78, 5) is 31.3. The molecule has 160 valence electrons. The Kier molecular flexibility index (Phi) is 7.29. The lowest BCUT2D eigenvalue weighted by Gasteiger charge is -2.36. The number of hydrogen-bond acceptors (Lipinski definition) is 5. The number of nitrogens with zero attached hydrogens (tertiary/aromatic N) is 3. The Morgan fingerprint density at radius 1 is 0.897 bits per heavy atom. The standard InChI is InChI=1S/C21H31N3O4S/c1-2-16-29(27,28)19-9-5-4-8-18(19)21(26)24-14-12-22(13-15-24)17-20(25)23-10-6-3-7-11-23/h4-5,8-9H,2-3,6-7,10-17H2,1H3. The summed E-state index contributed by atoms with van der Waals surface area (Å²) in [7, 11) is -3.47. The molecule has 2 heterocycles. The highest BCUT2D eigenvalue weighted by Crippen LogP contribution is 2.20. The minimum atomic E-state index is -3.47. The molecule has 1 aromatic rings. The fourth-order valence-electron chi connectivity index (χ4n) is 4.01. The zero-order valence-electron chi connectivity index (χ0n) is 17.2. The van der Waals surface area contributed by atoms with Gasteiger partial charge in [0, 0.05) is 39.3 Å². The minimum Gasteiger partial charge on any atom is -0.342 e. The smallest absolute Gasteiger partial charge is 0.255 e. The molecule has 2 saturated heterocycles. The Balaban J connectivity index is 1.60. The first-order valence-electron chi connectivity index (χ1n) is 10.5. The van der Waals surface area contributed by atoms with Crippen LogP contribution < -0.4 is 0 Å². The topological polar surface area (TPSA) is 78.0 Å². The third kappa shape index (κ3) is 5.36. The third-order valence-electron chi connectivity index (χ3n) is 5.65. The van der Waals surface area contributed by atoms with E-state index in [-0.39, 0.29) is 28.0 Å². The van der Waals surface area contributed by atoms with Gasteiger partial charge in [-0.05, 0) is 37.8 Å². The van der Waals surface area contributed by atoms with Crippen molar-refractivity contribution in [2.24, 2.45) is 0 Å². The molecule has 8 heteroatoms. The normalized spacial score (nSPS) is 18.7. The summed E-state index contributed by atoms with van der Waals surface area (Å²) >= 11 is 0. The second-order valence-electron chi connectivity index (χ2n) is 7.82. The van der Waals surface area contributed by atoms with Gasteiger partial charge in [-0.3, -0.25) is 14.5 Å². The van der Waals surface area contributed by atoms with E-state index in [0.717, 1.165) is 25.9 Å². The van der Waals surface area contributed by atoms with Crippen molar-refractivity contribution >= 4 is 21.7 Å². The van der Waals surface area contributed by atoms with Crippen molar-refractivity contribution in [3.05, 3.63) is 29.8 Å². The minimum absolute atomic E-state index is 0.0314. The van der Waals surface area contributed by atoms with Crippen molar-refractivity contribution in [3.63, 3.8) is 0 Å². The molecule has 0 aliphatic carbocycles. The predicted molar refractivity (Wildman–Crippen MR) is 112 cm³/mol. The first-order chi connectivity index (χ1) is 13.9. The molecule has 1 aromatic carbocycles. The summed E-state index contributed by atoms with van der Waals surface area (Å²) in [5, 5.41) is 0. The summed E-state index contributed by atoms with van der Waals surface area (Å²) in [6.45, 7) is 6.13. The zero-order chi connectivity index (χ0) is 20.9. The van der Waals surface area contributed by atoms with Crippen LogP contribution in [-0.4, -0.2) is 86.5 Å². The van der Waals surface area contributed by atoms with E-state index in [0.29, 0.717) is 39.1 Å². The molecule has 2 aliphatic rings. The second kappa shape index (κ2) is 9.71. The molecule has 2 aliphatic heterocycles. The molecular formula is C21H31N3O4S. The number of carbonyl (C=O) groups is 2. The highest BCUT2D eigenvalue weighted by Gasteiger charge is 2.28.